The summed E-state index contributed by atoms with van der Waals surface area (Å²) in [5, 5.41) is 2.94. The van der Waals surface area contributed by atoms with Crippen LogP contribution in [0.1, 0.15) is 18.7 Å². The molecule has 0 atom stereocenters. The van der Waals surface area contributed by atoms with Crippen LogP contribution < -0.4 is 14.8 Å². The average molecular weight is 358 g/mol. The van der Waals surface area contributed by atoms with Gasteiger partial charge in [0.1, 0.15) is 17.3 Å². The van der Waals surface area contributed by atoms with Crippen LogP contribution in [0, 0.1) is 12.8 Å². The molecular formula is C19H26N4O3. The molecule has 1 saturated heterocycles. The van der Waals surface area contributed by atoms with Gasteiger partial charge < -0.3 is 24.3 Å². The third-order valence-electron chi connectivity index (χ3n) is 4.93. The number of hydrogen-bond acceptors (Lipinski definition) is 4. The molecule has 1 fully saturated rings. The van der Waals surface area contributed by atoms with Gasteiger partial charge in [0.05, 0.1) is 19.9 Å². The van der Waals surface area contributed by atoms with Gasteiger partial charge in [0.2, 0.25) is 0 Å². The highest BCUT2D eigenvalue weighted by atomic mass is 16.5. The molecule has 0 saturated carbocycles. The summed E-state index contributed by atoms with van der Waals surface area (Å²) in [5.41, 5.74) is 0.648. The first-order valence-electron chi connectivity index (χ1n) is 8.86. The maximum atomic E-state index is 12.6. The molecule has 3 rings (SSSR count). The molecular weight excluding hydrogens is 332 g/mol. The fourth-order valence-corrected chi connectivity index (χ4v) is 3.29. The fraction of sp³-hybridized carbons (Fsp3) is 0.474. The second kappa shape index (κ2) is 8.12. The second-order valence-electron chi connectivity index (χ2n) is 6.55. The maximum Gasteiger partial charge on any atom is 0.321 e. The number of imidazole rings is 1. The standard InChI is InChI=1S/C19H26N4O3/c1-14-20-8-11-23(14)13-15-6-9-22(10-7-15)19(24)21-17-5-4-16(25-2)12-18(17)26-3/h4-5,8,11-12,15H,6-7,9-10,13H2,1-3H3,(H,21,24). The van der Waals surface area contributed by atoms with E-state index in [0.717, 1.165) is 38.3 Å². The molecule has 2 heterocycles. The second-order valence-corrected chi connectivity index (χ2v) is 6.55. The van der Waals surface area contributed by atoms with Crippen LogP contribution >= 0.6 is 0 Å². The molecule has 1 aromatic carbocycles. The van der Waals surface area contributed by atoms with Crippen LogP contribution in [-0.4, -0.2) is 47.8 Å². The monoisotopic (exact) mass is 358 g/mol. The topological polar surface area (TPSA) is 68.6 Å². The number of carbonyl (C=O) groups is 1. The number of anilines is 1. The zero-order valence-electron chi connectivity index (χ0n) is 15.6. The number of piperidine rings is 1. The molecule has 7 nitrogen and oxygen atoms in total. The molecule has 26 heavy (non-hydrogen) atoms. The van der Waals surface area contributed by atoms with Crippen LogP contribution in [0.15, 0.2) is 30.6 Å². The van der Waals surface area contributed by atoms with E-state index in [1.807, 2.05) is 24.2 Å². The Hall–Kier alpha value is -2.70. The predicted molar refractivity (Wildman–Crippen MR) is 99.8 cm³/mol. The Balaban J connectivity index is 1.55. The normalized spacial score (nSPS) is 15.0. The predicted octanol–water partition coefficient (Wildman–Crippen LogP) is 3.15. The minimum atomic E-state index is -0.0919. The van der Waals surface area contributed by atoms with Crippen LogP contribution in [-0.2, 0) is 6.54 Å². The van der Waals surface area contributed by atoms with Crippen LogP contribution in [0.25, 0.3) is 0 Å². The summed E-state index contributed by atoms with van der Waals surface area (Å²) in [6, 6.07) is 5.27. The molecule has 2 amide bonds. The number of ether oxygens (including phenoxy) is 2. The minimum absolute atomic E-state index is 0.0919. The van der Waals surface area contributed by atoms with Crippen LogP contribution in [0.5, 0.6) is 11.5 Å². The van der Waals surface area contributed by atoms with E-state index in [1.165, 1.54) is 0 Å². The Morgan fingerprint density at radius 3 is 2.65 bits per heavy atom. The van der Waals surface area contributed by atoms with Gasteiger partial charge in [-0.15, -0.1) is 0 Å². The third-order valence-corrected chi connectivity index (χ3v) is 4.93. The van der Waals surface area contributed by atoms with Crippen LogP contribution in [0.2, 0.25) is 0 Å². The van der Waals surface area contributed by atoms with Crippen molar-refractivity contribution in [2.75, 3.05) is 32.6 Å². The van der Waals surface area contributed by atoms with Crippen LogP contribution in [0.4, 0.5) is 10.5 Å². The summed E-state index contributed by atoms with van der Waals surface area (Å²) in [5.74, 6) is 2.89. The van der Waals surface area contributed by atoms with Crippen molar-refractivity contribution in [2.24, 2.45) is 5.92 Å². The van der Waals surface area contributed by atoms with E-state index in [-0.39, 0.29) is 6.03 Å². The lowest BCUT2D eigenvalue weighted by molar-refractivity contribution is 0.176. The highest BCUT2D eigenvalue weighted by Gasteiger charge is 2.24. The van der Waals surface area contributed by atoms with Crippen molar-refractivity contribution in [3.63, 3.8) is 0 Å². The van der Waals surface area contributed by atoms with Crippen molar-refractivity contribution >= 4 is 11.7 Å². The number of benzene rings is 1. The lowest BCUT2D eigenvalue weighted by atomic mass is 9.97. The molecule has 0 aliphatic carbocycles. The number of aromatic nitrogens is 2. The first-order chi connectivity index (χ1) is 12.6. The van der Waals surface area contributed by atoms with Crippen molar-refractivity contribution in [2.45, 2.75) is 26.3 Å². The van der Waals surface area contributed by atoms with E-state index in [4.69, 9.17) is 9.47 Å². The van der Waals surface area contributed by atoms with Crippen molar-refractivity contribution in [1.29, 1.82) is 0 Å². The van der Waals surface area contributed by atoms with Gasteiger partial charge in [0.25, 0.3) is 0 Å². The summed E-state index contributed by atoms with van der Waals surface area (Å²) >= 11 is 0. The van der Waals surface area contributed by atoms with Gasteiger partial charge in [-0.25, -0.2) is 9.78 Å². The molecule has 1 aromatic heterocycles. The number of amides is 2. The van der Waals surface area contributed by atoms with E-state index < -0.39 is 0 Å². The van der Waals surface area contributed by atoms with Gasteiger partial charge in [0, 0.05) is 38.1 Å². The fourth-order valence-electron chi connectivity index (χ4n) is 3.29. The van der Waals surface area contributed by atoms with Gasteiger partial charge in [0.15, 0.2) is 0 Å². The Morgan fingerprint density at radius 1 is 1.27 bits per heavy atom. The van der Waals surface area contributed by atoms with Crippen molar-refractivity contribution in [1.82, 2.24) is 14.5 Å². The lowest BCUT2D eigenvalue weighted by Crippen LogP contribution is -2.41. The molecule has 0 spiro atoms. The maximum absolute atomic E-state index is 12.6. The van der Waals surface area contributed by atoms with E-state index >= 15 is 0 Å². The highest BCUT2D eigenvalue weighted by molar-refractivity contribution is 5.91. The average Bonchev–Trinajstić information content (AvgIpc) is 3.07. The zero-order chi connectivity index (χ0) is 18.5. The molecule has 0 bridgehead atoms. The highest BCUT2D eigenvalue weighted by Crippen LogP contribution is 2.29. The molecule has 7 heteroatoms. The number of methoxy groups -OCH3 is 2. The molecule has 140 valence electrons. The summed E-state index contributed by atoms with van der Waals surface area (Å²) in [7, 11) is 3.18. The SMILES string of the molecule is COc1ccc(NC(=O)N2CCC(Cn3ccnc3C)CC2)c(OC)c1. The summed E-state index contributed by atoms with van der Waals surface area (Å²) in [6.07, 6.45) is 5.83. The number of nitrogens with one attached hydrogen (secondary N) is 1. The van der Waals surface area contributed by atoms with E-state index in [1.54, 1.807) is 32.4 Å². The summed E-state index contributed by atoms with van der Waals surface area (Å²) in [4.78, 5) is 18.7. The Labute approximate surface area is 153 Å². The molecule has 2 aromatic rings. The lowest BCUT2D eigenvalue weighted by Gasteiger charge is -2.32. The van der Waals surface area contributed by atoms with Crippen LogP contribution in [0.3, 0.4) is 0 Å². The molecule has 0 unspecified atom stereocenters. The van der Waals surface area contributed by atoms with E-state index in [2.05, 4.69) is 14.9 Å². The largest absolute Gasteiger partial charge is 0.497 e. The van der Waals surface area contributed by atoms with E-state index in [0.29, 0.717) is 23.1 Å². The Bertz CT molecular complexity index is 751. The molecule has 1 aliphatic heterocycles. The molecule has 1 N–H and O–H groups in total. The van der Waals surface area contributed by atoms with Gasteiger partial charge in [-0.2, -0.15) is 0 Å². The number of carbonyl (C=O) groups excluding carboxylic acids is 1. The minimum Gasteiger partial charge on any atom is -0.497 e. The summed E-state index contributed by atoms with van der Waals surface area (Å²) in [6.45, 7) is 4.49. The smallest absolute Gasteiger partial charge is 0.321 e. The third kappa shape index (κ3) is 4.09. The number of urea groups is 1. The number of nitrogens with zero attached hydrogens (tertiary/aromatic N) is 3. The molecule has 0 radical (unpaired) electrons. The van der Waals surface area contributed by atoms with E-state index in [9.17, 15) is 4.79 Å². The van der Waals surface area contributed by atoms with Crippen molar-refractivity contribution < 1.29 is 14.3 Å². The Morgan fingerprint density at radius 2 is 2.04 bits per heavy atom. The van der Waals surface area contributed by atoms with Gasteiger partial charge in [-0.3, -0.25) is 0 Å². The Kier molecular flexibility index (Phi) is 5.65. The number of aryl methyl sites for hydroxylation is 1. The number of rotatable bonds is 5. The van der Waals surface area contributed by atoms with Crippen molar-refractivity contribution in [3.05, 3.63) is 36.4 Å². The van der Waals surface area contributed by atoms with Crippen molar-refractivity contribution in [3.8, 4) is 11.5 Å². The first-order valence-corrected chi connectivity index (χ1v) is 8.86. The first kappa shape index (κ1) is 18.1. The summed E-state index contributed by atoms with van der Waals surface area (Å²) < 4.78 is 12.7. The van der Waals surface area contributed by atoms with Gasteiger partial charge in [-0.1, -0.05) is 0 Å². The zero-order valence-corrected chi connectivity index (χ0v) is 15.6. The number of likely N-dealkylation sites (tertiary alicyclic amines) is 1. The quantitative estimate of drug-likeness (QED) is 0.891. The van der Waals surface area contributed by atoms with Gasteiger partial charge >= 0.3 is 6.03 Å². The molecule has 1 aliphatic rings. The number of hydrogen-bond donors (Lipinski definition) is 1. The van der Waals surface area contributed by atoms with Gasteiger partial charge in [-0.05, 0) is 37.8 Å².